The van der Waals surface area contributed by atoms with Gasteiger partial charge in [-0.25, -0.2) is 0 Å². The van der Waals surface area contributed by atoms with Crippen LogP contribution < -0.4 is 9.80 Å². The summed E-state index contributed by atoms with van der Waals surface area (Å²) in [5.74, 6) is 3.07. The van der Waals surface area contributed by atoms with Crippen molar-refractivity contribution in [2.24, 2.45) is 0 Å². The van der Waals surface area contributed by atoms with Crippen LogP contribution in [0.5, 0.6) is 0 Å². The average molecular weight is 887 g/mol. The van der Waals surface area contributed by atoms with Gasteiger partial charge < -0.3 is 9.80 Å². The van der Waals surface area contributed by atoms with E-state index in [1.165, 1.54) is 55.6 Å². The monoisotopic (exact) mass is 886 g/mol. The van der Waals surface area contributed by atoms with E-state index in [0.717, 1.165) is 56.4 Å². The van der Waals surface area contributed by atoms with Crippen LogP contribution >= 0.6 is 0 Å². The maximum Gasteiger partial charge on any atom is 0.0967 e. The SMILES string of the molecule is C#C/C(=C\C=C(/C)c1ccccc1)N(c1ccc(-c2ccc(N(c3ccc(-c4ccccc4)cc3)c3ccc4c(c3)C(C)(C)c3ccccc3-4)cc2)cc1)c1ccc2c(c1)C(C)(C)c1ccccc1-2. The van der Waals surface area contributed by atoms with E-state index in [-0.39, 0.29) is 10.8 Å². The first kappa shape index (κ1) is 43.2. The molecular formula is C67H54N2. The van der Waals surface area contributed by atoms with Crippen LogP contribution in [-0.4, -0.2) is 0 Å². The molecule has 2 nitrogen and oxygen atoms in total. The predicted octanol–water partition coefficient (Wildman–Crippen LogP) is 17.9. The van der Waals surface area contributed by atoms with Crippen LogP contribution in [-0.2, 0) is 10.8 Å². The van der Waals surface area contributed by atoms with Crippen LogP contribution in [0.25, 0.3) is 50.1 Å². The van der Waals surface area contributed by atoms with E-state index < -0.39 is 0 Å². The summed E-state index contributed by atoms with van der Waals surface area (Å²) < 4.78 is 0. The van der Waals surface area contributed by atoms with Crippen molar-refractivity contribution in [1.29, 1.82) is 0 Å². The Morgan fingerprint density at radius 3 is 1.29 bits per heavy atom. The van der Waals surface area contributed by atoms with Crippen LogP contribution in [0.15, 0.2) is 236 Å². The molecular weight excluding hydrogens is 833 g/mol. The summed E-state index contributed by atoms with van der Waals surface area (Å²) in [5, 5.41) is 0. The van der Waals surface area contributed by atoms with Crippen LogP contribution in [0, 0.1) is 12.3 Å². The molecule has 9 aromatic rings. The van der Waals surface area contributed by atoms with Crippen LogP contribution in [0.3, 0.4) is 0 Å². The largest absolute Gasteiger partial charge is 0.310 e. The van der Waals surface area contributed by atoms with Gasteiger partial charge in [0.1, 0.15) is 0 Å². The van der Waals surface area contributed by atoms with Crippen molar-refractivity contribution in [1.82, 2.24) is 0 Å². The van der Waals surface area contributed by atoms with E-state index in [1.54, 1.807) is 0 Å². The zero-order valence-corrected chi connectivity index (χ0v) is 39.9. The molecule has 2 heteroatoms. The Kier molecular flexibility index (Phi) is 10.9. The summed E-state index contributed by atoms with van der Waals surface area (Å²) in [6, 6.07) is 79.2. The lowest BCUT2D eigenvalue weighted by molar-refractivity contribution is 0.660. The highest BCUT2D eigenvalue weighted by atomic mass is 15.1. The molecule has 2 aliphatic carbocycles. The van der Waals surface area contributed by atoms with Crippen molar-refractivity contribution >= 4 is 34.0 Å². The van der Waals surface area contributed by atoms with Gasteiger partial charge in [0.15, 0.2) is 0 Å². The first-order valence-electron chi connectivity index (χ1n) is 24.0. The van der Waals surface area contributed by atoms with Gasteiger partial charge in [-0.15, -0.1) is 6.42 Å². The smallest absolute Gasteiger partial charge is 0.0967 e. The van der Waals surface area contributed by atoms with E-state index in [1.807, 2.05) is 6.07 Å². The minimum absolute atomic E-state index is 0.117. The highest BCUT2D eigenvalue weighted by Crippen LogP contribution is 2.52. The molecule has 0 aliphatic heterocycles. The maximum absolute atomic E-state index is 6.45. The molecule has 0 saturated heterocycles. The fourth-order valence-corrected chi connectivity index (χ4v) is 10.8. The number of hydrogen-bond acceptors (Lipinski definition) is 2. The van der Waals surface area contributed by atoms with Gasteiger partial charge in [-0.1, -0.05) is 197 Å². The summed E-state index contributed by atoms with van der Waals surface area (Å²) in [6.45, 7) is 11.5. The fraction of sp³-hybridized carbons (Fsp3) is 0.104. The Morgan fingerprint density at radius 2 is 0.783 bits per heavy atom. The minimum Gasteiger partial charge on any atom is -0.310 e. The first-order valence-corrected chi connectivity index (χ1v) is 24.0. The summed E-state index contributed by atoms with van der Waals surface area (Å²) in [4.78, 5) is 4.61. The summed E-state index contributed by atoms with van der Waals surface area (Å²) >= 11 is 0. The molecule has 0 amide bonds. The molecule has 0 fully saturated rings. The van der Waals surface area contributed by atoms with Crippen molar-refractivity contribution in [3.63, 3.8) is 0 Å². The van der Waals surface area contributed by atoms with Crippen molar-refractivity contribution < 1.29 is 0 Å². The first-order chi connectivity index (χ1) is 33.6. The molecule has 0 aromatic heterocycles. The second kappa shape index (κ2) is 17.4. The molecule has 0 bridgehead atoms. The van der Waals surface area contributed by atoms with Gasteiger partial charge in [0, 0.05) is 39.3 Å². The number of rotatable bonds is 10. The molecule has 0 N–H and O–H groups in total. The molecule has 11 rings (SSSR count). The molecule has 0 atom stereocenters. The predicted molar refractivity (Wildman–Crippen MR) is 293 cm³/mol. The van der Waals surface area contributed by atoms with E-state index >= 15 is 0 Å². The molecule has 0 unspecified atom stereocenters. The van der Waals surface area contributed by atoms with E-state index in [9.17, 15) is 0 Å². The molecule has 0 heterocycles. The third-order valence-electron chi connectivity index (χ3n) is 14.6. The number of terminal acetylenes is 1. The topological polar surface area (TPSA) is 6.48 Å². The molecule has 69 heavy (non-hydrogen) atoms. The second-order valence-electron chi connectivity index (χ2n) is 19.4. The van der Waals surface area contributed by atoms with Gasteiger partial charge >= 0.3 is 0 Å². The summed E-state index contributed by atoms with van der Waals surface area (Å²) in [5.41, 5.74) is 23.3. The highest BCUT2D eigenvalue weighted by molar-refractivity contribution is 5.88. The Bertz CT molecular complexity index is 3470. The van der Waals surface area contributed by atoms with Crippen molar-refractivity contribution in [2.45, 2.75) is 45.4 Å². The van der Waals surface area contributed by atoms with Gasteiger partial charge in [0.2, 0.25) is 0 Å². The van der Waals surface area contributed by atoms with Gasteiger partial charge in [0.25, 0.3) is 0 Å². The maximum atomic E-state index is 6.45. The Hall–Kier alpha value is -8.38. The van der Waals surface area contributed by atoms with Crippen LogP contribution in [0.2, 0.25) is 0 Å². The van der Waals surface area contributed by atoms with Crippen molar-refractivity contribution in [3.8, 4) is 56.9 Å². The van der Waals surface area contributed by atoms with Crippen molar-refractivity contribution in [2.75, 3.05) is 9.80 Å². The van der Waals surface area contributed by atoms with Crippen molar-refractivity contribution in [3.05, 3.63) is 264 Å². The molecule has 9 aromatic carbocycles. The van der Waals surface area contributed by atoms with Gasteiger partial charge in [0.05, 0.1) is 5.70 Å². The van der Waals surface area contributed by atoms with E-state index in [0.29, 0.717) is 0 Å². The Labute approximate surface area is 408 Å². The highest BCUT2D eigenvalue weighted by Gasteiger charge is 2.37. The molecule has 332 valence electrons. The zero-order valence-electron chi connectivity index (χ0n) is 39.9. The summed E-state index contributed by atoms with van der Waals surface area (Å²) in [7, 11) is 0. The molecule has 0 saturated carbocycles. The number of benzene rings is 9. The molecule has 0 spiro atoms. The lowest BCUT2D eigenvalue weighted by Gasteiger charge is -2.28. The number of anilines is 5. The normalized spacial score (nSPS) is 14.0. The second-order valence-corrected chi connectivity index (χ2v) is 19.4. The number of nitrogens with zero attached hydrogens (tertiary/aromatic N) is 2. The average Bonchev–Trinajstić information content (AvgIpc) is 3.77. The number of fused-ring (bicyclic) bond motifs is 6. The summed E-state index contributed by atoms with van der Waals surface area (Å²) in [6.07, 6.45) is 10.7. The lowest BCUT2D eigenvalue weighted by atomic mass is 9.82. The number of hydrogen-bond donors (Lipinski definition) is 0. The zero-order chi connectivity index (χ0) is 47.3. The van der Waals surface area contributed by atoms with Gasteiger partial charge in [-0.3, -0.25) is 0 Å². The Morgan fingerprint density at radius 1 is 0.391 bits per heavy atom. The third kappa shape index (κ3) is 7.67. The minimum atomic E-state index is -0.155. The molecule has 2 aliphatic rings. The van der Waals surface area contributed by atoms with Crippen LogP contribution in [0.4, 0.5) is 28.4 Å². The van der Waals surface area contributed by atoms with E-state index in [4.69, 9.17) is 6.42 Å². The van der Waals surface area contributed by atoms with Gasteiger partial charge in [-0.05, 0) is 152 Å². The fourth-order valence-electron chi connectivity index (χ4n) is 10.8. The van der Waals surface area contributed by atoms with E-state index in [2.05, 4.69) is 275 Å². The third-order valence-corrected chi connectivity index (χ3v) is 14.6. The number of allylic oxidation sites excluding steroid dienone is 4. The Balaban J connectivity index is 0.954. The van der Waals surface area contributed by atoms with Gasteiger partial charge in [-0.2, -0.15) is 0 Å². The molecule has 0 radical (unpaired) electrons. The lowest BCUT2D eigenvalue weighted by Crippen LogP contribution is -2.18. The quantitative estimate of drug-likeness (QED) is 0.0997. The standard InChI is InChI=1S/C67H54N2/c1-7-52(33-26-46(2)47-18-10-8-11-19-47)68(56-40-42-60-58-22-14-16-24-62(58)66(3,4)64(60)44-56)53-34-29-50(30-35-53)51-31-38-55(39-32-51)69(54-36-27-49(28-37-54)48-20-12-9-13-21-48)57-41-43-61-59-23-15-17-25-63(59)67(5,6)65(61)45-57/h1,8-45H,2-6H3/b46-26+,52-33+. The van der Waals surface area contributed by atoms with Crippen LogP contribution in [0.1, 0.15) is 62.4 Å².